The highest BCUT2D eigenvalue weighted by molar-refractivity contribution is 9.10. The molecule has 0 unspecified atom stereocenters. The Hall–Kier alpha value is -2.66. The molecule has 1 amide bonds. The lowest BCUT2D eigenvalue weighted by Crippen LogP contribution is -2.11. The Kier molecular flexibility index (Phi) is 3.58. The molecule has 4 aromatic rings. The average Bonchev–Trinajstić information content (AvgIpc) is 3.02. The Morgan fingerprint density at radius 1 is 1.00 bits per heavy atom. The van der Waals surface area contributed by atoms with Crippen LogP contribution in [0.5, 0.6) is 0 Å². The second-order valence-electron chi connectivity index (χ2n) is 5.39. The number of hydrogen-bond donors (Lipinski definition) is 1. The van der Waals surface area contributed by atoms with E-state index in [4.69, 9.17) is 4.42 Å². The van der Waals surface area contributed by atoms with Crippen LogP contribution in [0.25, 0.3) is 21.7 Å². The van der Waals surface area contributed by atoms with Crippen LogP contribution in [0.4, 0.5) is 10.1 Å². The van der Waals surface area contributed by atoms with Crippen LogP contribution in [0.1, 0.15) is 10.6 Å². The molecule has 0 saturated carbocycles. The summed E-state index contributed by atoms with van der Waals surface area (Å²) in [6.45, 7) is 0. The van der Waals surface area contributed by atoms with Gasteiger partial charge in [-0.25, -0.2) is 4.39 Å². The number of hydrogen-bond acceptors (Lipinski definition) is 2. The van der Waals surface area contributed by atoms with Gasteiger partial charge in [-0.2, -0.15) is 0 Å². The summed E-state index contributed by atoms with van der Waals surface area (Å²) < 4.78 is 20.1. The number of halogens is 2. The molecule has 1 N–H and O–H groups in total. The van der Waals surface area contributed by atoms with E-state index in [1.165, 1.54) is 12.1 Å². The summed E-state index contributed by atoms with van der Waals surface area (Å²) in [7, 11) is 0. The molecule has 3 nitrogen and oxygen atoms in total. The number of carbonyl (C=O) groups is 1. The molecule has 0 radical (unpaired) electrons. The molecule has 118 valence electrons. The fourth-order valence-corrected chi connectivity index (χ4v) is 3.01. The first-order valence-electron chi connectivity index (χ1n) is 7.29. The van der Waals surface area contributed by atoms with E-state index in [2.05, 4.69) is 21.2 Å². The van der Waals surface area contributed by atoms with Gasteiger partial charge in [0.1, 0.15) is 11.4 Å². The molecular weight excluding hydrogens is 373 g/mol. The lowest BCUT2D eigenvalue weighted by Gasteiger charge is -2.04. The van der Waals surface area contributed by atoms with Gasteiger partial charge < -0.3 is 9.73 Å². The SMILES string of the molecule is O=C(Nc1ccc(Br)cc1F)c1cc2c(ccc3ccccc32)o1. The van der Waals surface area contributed by atoms with Crippen LogP contribution >= 0.6 is 15.9 Å². The number of carbonyl (C=O) groups excluding carboxylic acids is 1. The van der Waals surface area contributed by atoms with Crippen LogP contribution < -0.4 is 5.32 Å². The molecule has 5 heteroatoms. The largest absolute Gasteiger partial charge is 0.451 e. The van der Waals surface area contributed by atoms with E-state index in [-0.39, 0.29) is 11.4 Å². The minimum Gasteiger partial charge on any atom is -0.451 e. The summed E-state index contributed by atoms with van der Waals surface area (Å²) >= 11 is 3.18. The van der Waals surface area contributed by atoms with E-state index in [0.717, 1.165) is 16.2 Å². The predicted octanol–water partition coefficient (Wildman–Crippen LogP) is 5.74. The highest BCUT2D eigenvalue weighted by atomic mass is 79.9. The van der Waals surface area contributed by atoms with E-state index in [0.29, 0.717) is 10.1 Å². The first kappa shape index (κ1) is 14.9. The number of amides is 1. The summed E-state index contributed by atoms with van der Waals surface area (Å²) in [5, 5.41) is 5.46. The summed E-state index contributed by atoms with van der Waals surface area (Å²) in [6.07, 6.45) is 0. The summed E-state index contributed by atoms with van der Waals surface area (Å²) in [4.78, 5) is 12.4. The molecule has 4 rings (SSSR count). The fraction of sp³-hybridized carbons (Fsp3) is 0. The Labute approximate surface area is 145 Å². The minimum absolute atomic E-state index is 0.105. The van der Waals surface area contributed by atoms with Crippen LogP contribution in [0.15, 0.2) is 69.6 Å². The van der Waals surface area contributed by atoms with Crippen molar-refractivity contribution in [3.05, 3.63) is 76.7 Å². The van der Waals surface area contributed by atoms with E-state index in [9.17, 15) is 9.18 Å². The fourth-order valence-electron chi connectivity index (χ4n) is 2.68. The van der Waals surface area contributed by atoms with E-state index >= 15 is 0 Å². The maximum atomic E-state index is 13.9. The summed E-state index contributed by atoms with van der Waals surface area (Å²) in [6, 6.07) is 17.8. The zero-order chi connectivity index (χ0) is 16.7. The summed E-state index contributed by atoms with van der Waals surface area (Å²) in [5.41, 5.74) is 0.726. The molecule has 0 spiro atoms. The minimum atomic E-state index is -0.515. The Balaban J connectivity index is 1.73. The maximum Gasteiger partial charge on any atom is 0.291 e. The van der Waals surface area contributed by atoms with E-state index in [1.807, 2.05) is 36.4 Å². The van der Waals surface area contributed by atoms with Gasteiger partial charge in [0, 0.05) is 9.86 Å². The van der Waals surface area contributed by atoms with Crippen molar-refractivity contribution in [3.8, 4) is 0 Å². The first-order valence-corrected chi connectivity index (χ1v) is 8.09. The highest BCUT2D eigenvalue weighted by Gasteiger charge is 2.15. The number of rotatable bonds is 2. The van der Waals surface area contributed by atoms with E-state index in [1.54, 1.807) is 12.1 Å². The van der Waals surface area contributed by atoms with Gasteiger partial charge in [-0.05, 0) is 41.1 Å². The number of furan rings is 1. The van der Waals surface area contributed by atoms with E-state index < -0.39 is 11.7 Å². The highest BCUT2D eigenvalue weighted by Crippen LogP contribution is 2.28. The molecule has 24 heavy (non-hydrogen) atoms. The van der Waals surface area contributed by atoms with Crippen molar-refractivity contribution in [3.63, 3.8) is 0 Å². The molecule has 0 aliphatic rings. The molecule has 0 aliphatic heterocycles. The Morgan fingerprint density at radius 3 is 2.67 bits per heavy atom. The molecule has 0 fully saturated rings. The lowest BCUT2D eigenvalue weighted by atomic mass is 10.1. The first-order chi connectivity index (χ1) is 11.6. The number of benzene rings is 3. The van der Waals surface area contributed by atoms with Crippen molar-refractivity contribution in [1.82, 2.24) is 0 Å². The van der Waals surface area contributed by atoms with Gasteiger partial charge >= 0.3 is 0 Å². The van der Waals surface area contributed by atoms with Crippen molar-refractivity contribution in [2.24, 2.45) is 0 Å². The van der Waals surface area contributed by atoms with Crippen LogP contribution in [0.3, 0.4) is 0 Å². The summed E-state index contributed by atoms with van der Waals surface area (Å²) in [5.74, 6) is -0.862. The predicted molar refractivity (Wildman–Crippen MR) is 95.8 cm³/mol. The van der Waals surface area contributed by atoms with Crippen LogP contribution in [-0.4, -0.2) is 5.91 Å². The topological polar surface area (TPSA) is 42.2 Å². The van der Waals surface area contributed by atoms with Crippen molar-refractivity contribution in [2.75, 3.05) is 5.32 Å². The van der Waals surface area contributed by atoms with Crippen LogP contribution in [-0.2, 0) is 0 Å². The van der Waals surface area contributed by atoms with Crippen molar-refractivity contribution >= 4 is 49.3 Å². The normalized spacial score (nSPS) is 11.1. The molecule has 0 bridgehead atoms. The average molecular weight is 384 g/mol. The van der Waals surface area contributed by atoms with Gasteiger partial charge in [-0.15, -0.1) is 0 Å². The monoisotopic (exact) mass is 383 g/mol. The van der Waals surface area contributed by atoms with Gasteiger partial charge in [0.05, 0.1) is 5.69 Å². The van der Waals surface area contributed by atoms with Gasteiger partial charge in [-0.1, -0.05) is 46.3 Å². The molecule has 0 saturated heterocycles. The lowest BCUT2D eigenvalue weighted by molar-refractivity contribution is 0.0998. The van der Waals surface area contributed by atoms with Crippen LogP contribution in [0, 0.1) is 5.82 Å². The third kappa shape index (κ3) is 2.57. The van der Waals surface area contributed by atoms with Gasteiger partial charge in [0.25, 0.3) is 5.91 Å². The second-order valence-corrected chi connectivity index (χ2v) is 6.30. The number of nitrogens with one attached hydrogen (secondary N) is 1. The molecular formula is C19H11BrFNO2. The third-order valence-corrected chi connectivity index (χ3v) is 4.32. The molecule has 3 aromatic carbocycles. The molecule has 0 aliphatic carbocycles. The number of fused-ring (bicyclic) bond motifs is 3. The van der Waals surface area contributed by atoms with Gasteiger partial charge in [-0.3, -0.25) is 4.79 Å². The second kappa shape index (κ2) is 5.76. The third-order valence-electron chi connectivity index (χ3n) is 3.83. The Morgan fingerprint density at radius 2 is 1.83 bits per heavy atom. The van der Waals surface area contributed by atoms with Gasteiger partial charge in [0.2, 0.25) is 0 Å². The number of anilines is 1. The smallest absolute Gasteiger partial charge is 0.291 e. The van der Waals surface area contributed by atoms with Crippen LogP contribution in [0.2, 0.25) is 0 Å². The Bertz CT molecular complexity index is 1090. The van der Waals surface area contributed by atoms with Gasteiger partial charge in [0.15, 0.2) is 5.76 Å². The zero-order valence-corrected chi connectivity index (χ0v) is 13.9. The van der Waals surface area contributed by atoms with Crippen molar-refractivity contribution in [2.45, 2.75) is 0 Å². The zero-order valence-electron chi connectivity index (χ0n) is 12.3. The standard InChI is InChI=1S/C19H11BrFNO2/c20-12-6-7-16(15(21)9-12)22-19(23)18-10-14-13-4-2-1-3-11(13)5-8-17(14)24-18/h1-10H,(H,22,23). The quantitative estimate of drug-likeness (QED) is 0.479. The molecule has 0 atom stereocenters. The van der Waals surface area contributed by atoms with Crippen molar-refractivity contribution in [1.29, 1.82) is 0 Å². The maximum absolute atomic E-state index is 13.9. The van der Waals surface area contributed by atoms with Crippen molar-refractivity contribution < 1.29 is 13.6 Å². The molecule has 1 heterocycles. The molecule has 1 aromatic heterocycles.